The number of esters is 1. The third-order valence-corrected chi connectivity index (χ3v) is 3.93. The Bertz CT molecular complexity index is 507. The molecule has 0 bridgehead atoms. The van der Waals surface area contributed by atoms with E-state index in [1.54, 1.807) is 26.4 Å². The topological polar surface area (TPSA) is 70.8 Å². The van der Waals surface area contributed by atoms with Gasteiger partial charge < -0.3 is 19.9 Å². The molecule has 0 aliphatic heterocycles. The lowest BCUT2D eigenvalue weighted by molar-refractivity contribution is 0.0600. The molecule has 0 heterocycles. The lowest BCUT2D eigenvalue weighted by Gasteiger charge is -2.27. The molecule has 1 aromatic carbocycles. The smallest absolute Gasteiger partial charge is 0.337 e. The van der Waals surface area contributed by atoms with Crippen LogP contribution < -0.4 is 15.2 Å². The Morgan fingerprint density at radius 1 is 1.15 bits per heavy atom. The highest BCUT2D eigenvalue weighted by Crippen LogP contribution is 2.44. The molecule has 2 rings (SSSR count). The van der Waals surface area contributed by atoms with Crippen molar-refractivity contribution in [3.8, 4) is 11.5 Å². The minimum atomic E-state index is -0.470. The van der Waals surface area contributed by atoms with Crippen LogP contribution in [0.25, 0.3) is 0 Å². The second-order valence-corrected chi connectivity index (χ2v) is 5.11. The summed E-state index contributed by atoms with van der Waals surface area (Å²) in [7, 11) is 4.48. The molecular formula is C15H21NO4. The number of rotatable bonds is 4. The number of methoxy groups -OCH3 is 3. The van der Waals surface area contributed by atoms with E-state index in [9.17, 15) is 4.79 Å². The molecule has 5 nitrogen and oxygen atoms in total. The Morgan fingerprint density at radius 2 is 1.80 bits per heavy atom. The molecule has 0 atom stereocenters. The highest BCUT2D eigenvalue weighted by atomic mass is 16.5. The number of hydrogen-bond donors (Lipinski definition) is 1. The van der Waals surface area contributed by atoms with Crippen molar-refractivity contribution in [2.45, 2.75) is 31.2 Å². The first-order chi connectivity index (χ1) is 9.55. The molecule has 5 heteroatoms. The third-order valence-electron chi connectivity index (χ3n) is 3.93. The summed E-state index contributed by atoms with van der Waals surface area (Å²) in [4.78, 5) is 11.8. The van der Waals surface area contributed by atoms with Gasteiger partial charge in [0, 0.05) is 11.1 Å². The van der Waals surface area contributed by atoms with E-state index in [1.807, 2.05) is 0 Å². The predicted octanol–water partition coefficient (Wildman–Crippen LogP) is 2.22. The molecule has 1 saturated carbocycles. The molecular weight excluding hydrogens is 258 g/mol. The van der Waals surface area contributed by atoms with Gasteiger partial charge in [0.2, 0.25) is 0 Å². The summed E-state index contributed by atoms with van der Waals surface area (Å²) in [6.07, 6.45) is 3.89. The monoisotopic (exact) mass is 279 g/mol. The largest absolute Gasteiger partial charge is 0.493 e. The Morgan fingerprint density at radius 3 is 2.30 bits per heavy atom. The summed E-state index contributed by atoms with van der Waals surface area (Å²) in [5, 5.41) is 0. The first-order valence-electron chi connectivity index (χ1n) is 6.69. The molecule has 1 fully saturated rings. The van der Waals surface area contributed by atoms with Crippen LogP contribution in [0.1, 0.15) is 41.6 Å². The van der Waals surface area contributed by atoms with Crippen LogP contribution in [0, 0.1) is 0 Å². The average molecular weight is 279 g/mol. The molecule has 0 spiro atoms. The first-order valence-corrected chi connectivity index (χ1v) is 6.69. The van der Waals surface area contributed by atoms with Crippen LogP contribution in [0.4, 0.5) is 0 Å². The molecule has 0 saturated heterocycles. The van der Waals surface area contributed by atoms with Gasteiger partial charge >= 0.3 is 5.97 Å². The van der Waals surface area contributed by atoms with E-state index in [0.717, 1.165) is 31.2 Å². The summed E-state index contributed by atoms with van der Waals surface area (Å²) in [6.45, 7) is 0. The molecule has 2 N–H and O–H groups in total. The van der Waals surface area contributed by atoms with Gasteiger partial charge in [-0.05, 0) is 25.0 Å². The van der Waals surface area contributed by atoms with Crippen molar-refractivity contribution in [2.24, 2.45) is 5.73 Å². The van der Waals surface area contributed by atoms with Gasteiger partial charge in [0.1, 0.15) is 0 Å². The molecule has 0 radical (unpaired) electrons. The van der Waals surface area contributed by atoms with Crippen LogP contribution in [0.15, 0.2) is 12.1 Å². The number of hydrogen-bond acceptors (Lipinski definition) is 5. The maximum absolute atomic E-state index is 11.8. The predicted molar refractivity (Wildman–Crippen MR) is 75.2 cm³/mol. The zero-order valence-corrected chi connectivity index (χ0v) is 12.2. The summed E-state index contributed by atoms with van der Waals surface area (Å²) >= 11 is 0. The minimum absolute atomic E-state index is 0.409. The molecule has 0 amide bonds. The van der Waals surface area contributed by atoms with Gasteiger partial charge in [0.15, 0.2) is 11.5 Å². The van der Waals surface area contributed by atoms with Gasteiger partial charge in [-0.15, -0.1) is 0 Å². The van der Waals surface area contributed by atoms with Crippen molar-refractivity contribution in [1.82, 2.24) is 0 Å². The zero-order valence-electron chi connectivity index (χ0n) is 12.2. The van der Waals surface area contributed by atoms with Crippen molar-refractivity contribution in [3.05, 3.63) is 23.3 Å². The summed E-state index contributed by atoms with van der Waals surface area (Å²) in [6, 6.07) is 3.38. The van der Waals surface area contributed by atoms with Crippen LogP contribution in [-0.4, -0.2) is 27.3 Å². The highest BCUT2D eigenvalue weighted by molar-refractivity contribution is 5.90. The van der Waals surface area contributed by atoms with E-state index in [-0.39, 0.29) is 0 Å². The van der Waals surface area contributed by atoms with Crippen molar-refractivity contribution in [1.29, 1.82) is 0 Å². The van der Waals surface area contributed by atoms with Gasteiger partial charge in [-0.2, -0.15) is 0 Å². The fraction of sp³-hybridized carbons (Fsp3) is 0.533. The second-order valence-electron chi connectivity index (χ2n) is 5.11. The number of carbonyl (C=O) groups excluding carboxylic acids is 1. The maximum Gasteiger partial charge on any atom is 0.337 e. The summed E-state index contributed by atoms with van der Waals surface area (Å²) in [5.74, 6) is 0.695. The van der Waals surface area contributed by atoms with Crippen LogP contribution in [0.5, 0.6) is 11.5 Å². The lowest BCUT2D eigenvalue weighted by atomic mass is 9.87. The fourth-order valence-corrected chi connectivity index (χ4v) is 2.85. The Labute approximate surface area is 119 Å². The number of ether oxygens (including phenoxy) is 3. The molecule has 1 aliphatic carbocycles. The standard InChI is InChI=1S/C15H21NO4/c1-18-12-9-10(14(17)20-3)8-11(13(12)19-2)15(16)6-4-5-7-15/h8-9H,4-7,16H2,1-3H3. The summed E-state index contributed by atoms with van der Waals surface area (Å²) < 4.78 is 15.6. The number of carbonyl (C=O) groups is 1. The van der Waals surface area contributed by atoms with Crippen LogP contribution in [0.2, 0.25) is 0 Å². The van der Waals surface area contributed by atoms with E-state index in [2.05, 4.69) is 0 Å². The van der Waals surface area contributed by atoms with E-state index in [1.165, 1.54) is 7.11 Å². The third kappa shape index (κ3) is 2.45. The summed E-state index contributed by atoms with van der Waals surface area (Å²) in [5.41, 5.74) is 7.28. The van der Waals surface area contributed by atoms with Gasteiger partial charge in [0.05, 0.1) is 26.9 Å². The van der Waals surface area contributed by atoms with E-state index < -0.39 is 11.5 Å². The fourth-order valence-electron chi connectivity index (χ4n) is 2.85. The Balaban J connectivity index is 2.60. The van der Waals surface area contributed by atoms with Gasteiger partial charge in [0.25, 0.3) is 0 Å². The molecule has 0 unspecified atom stereocenters. The van der Waals surface area contributed by atoms with Crippen molar-refractivity contribution in [3.63, 3.8) is 0 Å². The Kier molecular flexibility index (Phi) is 4.18. The minimum Gasteiger partial charge on any atom is -0.493 e. The zero-order chi connectivity index (χ0) is 14.8. The normalized spacial score (nSPS) is 16.8. The Hall–Kier alpha value is -1.75. The van der Waals surface area contributed by atoms with E-state index in [4.69, 9.17) is 19.9 Å². The van der Waals surface area contributed by atoms with Gasteiger partial charge in [-0.3, -0.25) is 0 Å². The van der Waals surface area contributed by atoms with E-state index in [0.29, 0.717) is 17.1 Å². The molecule has 1 aromatic rings. The molecule has 110 valence electrons. The molecule has 1 aliphatic rings. The van der Waals surface area contributed by atoms with Crippen LogP contribution in [0.3, 0.4) is 0 Å². The van der Waals surface area contributed by atoms with Crippen molar-refractivity contribution in [2.75, 3.05) is 21.3 Å². The maximum atomic E-state index is 11.8. The van der Waals surface area contributed by atoms with Crippen molar-refractivity contribution >= 4 is 5.97 Å². The number of benzene rings is 1. The first kappa shape index (κ1) is 14.7. The van der Waals surface area contributed by atoms with E-state index >= 15 is 0 Å². The number of nitrogens with two attached hydrogens (primary N) is 1. The van der Waals surface area contributed by atoms with Crippen molar-refractivity contribution < 1.29 is 19.0 Å². The highest BCUT2D eigenvalue weighted by Gasteiger charge is 2.36. The molecule has 20 heavy (non-hydrogen) atoms. The SMILES string of the molecule is COC(=O)c1cc(OC)c(OC)c(C2(N)CCCC2)c1. The van der Waals surface area contributed by atoms with Gasteiger partial charge in [-0.25, -0.2) is 4.79 Å². The average Bonchev–Trinajstić information content (AvgIpc) is 2.92. The van der Waals surface area contributed by atoms with Crippen LogP contribution >= 0.6 is 0 Å². The van der Waals surface area contributed by atoms with Gasteiger partial charge in [-0.1, -0.05) is 12.8 Å². The second kappa shape index (κ2) is 5.71. The quantitative estimate of drug-likeness (QED) is 0.856. The molecule has 0 aromatic heterocycles. The lowest BCUT2D eigenvalue weighted by Crippen LogP contribution is -2.34. The van der Waals surface area contributed by atoms with Crippen LogP contribution in [-0.2, 0) is 10.3 Å².